The van der Waals surface area contributed by atoms with E-state index < -0.39 is 0 Å². The van der Waals surface area contributed by atoms with Crippen molar-refractivity contribution in [3.8, 4) is 0 Å². The summed E-state index contributed by atoms with van der Waals surface area (Å²) in [5.41, 5.74) is 2.31. The topological polar surface area (TPSA) is 50.8 Å². The van der Waals surface area contributed by atoms with Crippen LogP contribution in [0, 0.1) is 17.7 Å². The number of carbonyl (C=O) groups excluding carboxylic acids is 1. The number of likely N-dealkylation sites (tertiary alicyclic amines) is 1. The summed E-state index contributed by atoms with van der Waals surface area (Å²) < 4.78 is 25.2. The number of ether oxygens (including phenoxy) is 2. The Morgan fingerprint density at radius 1 is 1.03 bits per heavy atom. The summed E-state index contributed by atoms with van der Waals surface area (Å²) in [4.78, 5) is 14.6. The number of amides is 1. The average molecular weight is 467 g/mol. The van der Waals surface area contributed by atoms with E-state index >= 15 is 0 Å². The molecular formula is C28H35FN2O3. The van der Waals surface area contributed by atoms with E-state index in [1.54, 1.807) is 12.1 Å². The van der Waals surface area contributed by atoms with Crippen LogP contribution in [0.2, 0.25) is 0 Å². The zero-order valence-corrected chi connectivity index (χ0v) is 19.9. The van der Waals surface area contributed by atoms with Gasteiger partial charge < -0.3 is 9.47 Å². The Bertz CT molecular complexity index is 963. The van der Waals surface area contributed by atoms with Crippen molar-refractivity contribution in [3.05, 3.63) is 71.5 Å². The van der Waals surface area contributed by atoms with Crippen LogP contribution in [0.25, 0.3) is 0 Å². The number of piperidine rings is 1. The van der Waals surface area contributed by atoms with Gasteiger partial charge in [0.05, 0.1) is 26.0 Å². The van der Waals surface area contributed by atoms with E-state index in [1.165, 1.54) is 18.7 Å². The van der Waals surface area contributed by atoms with E-state index in [0.29, 0.717) is 24.4 Å². The SMILES string of the molecule is COC(=O)N1C2CCC([C@H]2COC2CCC(c3cccc(F)c3)CC2)[C@H]1NCc1ccccc1. The maximum absolute atomic E-state index is 13.6. The fourth-order valence-electron chi connectivity index (χ4n) is 6.45. The van der Waals surface area contributed by atoms with Gasteiger partial charge in [0, 0.05) is 18.5 Å². The van der Waals surface area contributed by atoms with Crippen LogP contribution in [0.3, 0.4) is 0 Å². The van der Waals surface area contributed by atoms with E-state index in [4.69, 9.17) is 9.47 Å². The summed E-state index contributed by atoms with van der Waals surface area (Å²) in [6, 6.07) is 17.5. The highest BCUT2D eigenvalue weighted by molar-refractivity contribution is 5.69. The van der Waals surface area contributed by atoms with E-state index in [2.05, 4.69) is 17.4 Å². The third kappa shape index (κ3) is 4.84. The molecule has 6 heteroatoms. The van der Waals surface area contributed by atoms with Crippen LogP contribution < -0.4 is 5.32 Å². The Morgan fingerprint density at radius 3 is 2.56 bits per heavy atom. The molecule has 1 saturated heterocycles. The number of rotatable bonds is 7. The van der Waals surface area contributed by atoms with Gasteiger partial charge in [0.15, 0.2) is 0 Å². The third-order valence-corrected chi connectivity index (χ3v) is 8.16. The van der Waals surface area contributed by atoms with Crippen LogP contribution in [0.1, 0.15) is 55.6 Å². The van der Waals surface area contributed by atoms with Crippen molar-refractivity contribution >= 4 is 6.09 Å². The van der Waals surface area contributed by atoms with E-state index in [-0.39, 0.29) is 30.2 Å². The van der Waals surface area contributed by atoms with E-state index in [9.17, 15) is 9.18 Å². The number of nitrogens with one attached hydrogen (secondary N) is 1. The molecule has 0 spiro atoms. The molecule has 0 radical (unpaired) electrons. The molecule has 2 saturated carbocycles. The van der Waals surface area contributed by atoms with Gasteiger partial charge in [0.1, 0.15) is 5.82 Å². The molecule has 3 aliphatic rings. The summed E-state index contributed by atoms with van der Waals surface area (Å²) in [7, 11) is 1.46. The second kappa shape index (κ2) is 10.4. The first-order chi connectivity index (χ1) is 16.6. The van der Waals surface area contributed by atoms with Gasteiger partial charge in [-0.1, -0.05) is 42.5 Å². The van der Waals surface area contributed by atoms with Crippen LogP contribution in [0.15, 0.2) is 54.6 Å². The number of nitrogens with zero attached hydrogens (tertiary/aromatic N) is 1. The lowest BCUT2D eigenvalue weighted by Gasteiger charge is -2.34. The molecule has 5 nitrogen and oxygen atoms in total. The monoisotopic (exact) mass is 466 g/mol. The molecule has 2 unspecified atom stereocenters. The Kier molecular flexibility index (Phi) is 7.16. The number of halogens is 1. The lowest BCUT2D eigenvalue weighted by molar-refractivity contribution is -0.00179. The molecule has 5 rings (SSSR count). The summed E-state index contributed by atoms with van der Waals surface area (Å²) in [6.45, 7) is 1.40. The first-order valence-electron chi connectivity index (χ1n) is 12.6. The lowest BCUT2D eigenvalue weighted by atomic mass is 9.82. The van der Waals surface area contributed by atoms with Crippen molar-refractivity contribution in [2.45, 2.75) is 69.3 Å². The normalized spacial score (nSPS) is 30.5. The molecule has 0 aromatic heterocycles. The fourth-order valence-corrected chi connectivity index (χ4v) is 6.45. The Labute approximate surface area is 201 Å². The van der Waals surface area contributed by atoms with Crippen molar-refractivity contribution < 1.29 is 18.7 Å². The standard InChI is InChI=1S/C28H35FN2O3/c1-33-28(32)31-26-15-14-24(27(31)30-17-19-6-3-2-4-7-19)25(26)18-34-23-12-10-20(11-13-23)21-8-5-9-22(29)16-21/h2-9,16,20,23-27,30H,10-15,17-18H2,1H3/t20?,23?,24?,25-,26?,27+/m1/s1. The van der Waals surface area contributed by atoms with Crippen LogP contribution in [0.5, 0.6) is 0 Å². The molecule has 3 fully saturated rings. The first kappa shape index (κ1) is 23.3. The summed E-state index contributed by atoms with van der Waals surface area (Å²) in [5.74, 6) is 0.961. The van der Waals surface area contributed by atoms with E-state index in [0.717, 1.165) is 50.6 Å². The minimum Gasteiger partial charge on any atom is -0.453 e. The van der Waals surface area contributed by atoms with Gasteiger partial charge >= 0.3 is 6.09 Å². The molecule has 1 aliphatic heterocycles. The number of fused-ring (bicyclic) bond motifs is 2. The summed E-state index contributed by atoms with van der Waals surface area (Å²) >= 11 is 0. The predicted molar refractivity (Wildman–Crippen MR) is 129 cm³/mol. The number of methoxy groups -OCH3 is 1. The van der Waals surface area contributed by atoms with Gasteiger partial charge in [-0.15, -0.1) is 0 Å². The van der Waals surface area contributed by atoms with Crippen LogP contribution in [-0.2, 0) is 16.0 Å². The van der Waals surface area contributed by atoms with Crippen molar-refractivity contribution in [1.82, 2.24) is 10.2 Å². The zero-order valence-electron chi connectivity index (χ0n) is 19.9. The molecule has 4 atom stereocenters. The fraction of sp³-hybridized carbons (Fsp3) is 0.536. The summed E-state index contributed by atoms with van der Waals surface area (Å²) in [5, 5.41) is 3.63. The minimum absolute atomic E-state index is 0.0243. The molecule has 2 bridgehead atoms. The van der Waals surface area contributed by atoms with Crippen molar-refractivity contribution in [2.24, 2.45) is 11.8 Å². The highest BCUT2D eigenvalue weighted by Gasteiger charge is 2.55. The maximum Gasteiger partial charge on any atom is 0.411 e. The Hall–Kier alpha value is -2.44. The maximum atomic E-state index is 13.6. The quantitative estimate of drug-likeness (QED) is 0.589. The van der Waals surface area contributed by atoms with Gasteiger partial charge in [-0.3, -0.25) is 10.2 Å². The molecule has 1 amide bonds. The minimum atomic E-state index is -0.252. The second-order valence-corrected chi connectivity index (χ2v) is 10.0. The van der Waals surface area contributed by atoms with Gasteiger partial charge in [0.25, 0.3) is 0 Å². The highest BCUT2D eigenvalue weighted by Crippen LogP contribution is 2.47. The molecule has 182 valence electrons. The Balaban J connectivity index is 1.17. The molecule has 2 aliphatic carbocycles. The molecule has 1 heterocycles. The molecule has 1 N–H and O–H groups in total. The smallest absolute Gasteiger partial charge is 0.411 e. The number of hydrogen-bond donors (Lipinski definition) is 1. The molecule has 2 aromatic rings. The number of benzene rings is 2. The average Bonchev–Trinajstić information content (AvgIpc) is 3.41. The van der Waals surface area contributed by atoms with Crippen LogP contribution in [-0.4, -0.2) is 43.0 Å². The van der Waals surface area contributed by atoms with Gasteiger partial charge in [-0.2, -0.15) is 0 Å². The van der Waals surface area contributed by atoms with Gasteiger partial charge in [-0.25, -0.2) is 9.18 Å². The Morgan fingerprint density at radius 2 is 1.82 bits per heavy atom. The predicted octanol–water partition coefficient (Wildman–Crippen LogP) is 5.46. The zero-order chi connectivity index (χ0) is 23.5. The molecule has 34 heavy (non-hydrogen) atoms. The van der Waals surface area contributed by atoms with Crippen molar-refractivity contribution in [2.75, 3.05) is 13.7 Å². The van der Waals surface area contributed by atoms with Crippen molar-refractivity contribution in [1.29, 1.82) is 0 Å². The lowest BCUT2D eigenvalue weighted by Crippen LogP contribution is -2.52. The van der Waals surface area contributed by atoms with Crippen molar-refractivity contribution in [3.63, 3.8) is 0 Å². The number of carbonyl (C=O) groups is 1. The first-order valence-corrected chi connectivity index (χ1v) is 12.6. The third-order valence-electron chi connectivity index (χ3n) is 8.16. The van der Waals surface area contributed by atoms with Gasteiger partial charge in [-0.05, 0) is 73.6 Å². The molecule has 2 aromatic carbocycles. The highest BCUT2D eigenvalue weighted by atomic mass is 19.1. The largest absolute Gasteiger partial charge is 0.453 e. The molecular weight excluding hydrogens is 431 g/mol. The number of hydrogen-bond acceptors (Lipinski definition) is 4. The second-order valence-electron chi connectivity index (χ2n) is 10.0. The van der Waals surface area contributed by atoms with Crippen LogP contribution in [0.4, 0.5) is 9.18 Å². The van der Waals surface area contributed by atoms with E-state index in [1.807, 2.05) is 29.2 Å². The summed E-state index contributed by atoms with van der Waals surface area (Å²) in [6.07, 6.45) is 6.13. The van der Waals surface area contributed by atoms with Crippen LogP contribution >= 0.6 is 0 Å². The van der Waals surface area contributed by atoms with Gasteiger partial charge in [0.2, 0.25) is 0 Å².